The van der Waals surface area contributed by atoms with Gasteiger partial charge in [-0.2, -0.15) is 0 Å². The van der Waals surface area contributed by atoms with Crippen molar-refractivity contribution in [3.8, 4) is 17.0 Å². The fourth-order valence-corrected chi connectivity index (χ4v) is 1.11. The summed E-state index contributed by atoms with van der Waals surface area (Å²) in [5.74, 6) is -0.324. The number of aromatic nitrogens is 2. The fourth-order valence-electron chi connectivity index (χ4n) is 1.11. The average molecular weight is 190 g/mol. The third-order valence-corrected chi connectivity index (χ3v) is 1.75. The molecular weight excluding hydrogens is 183 g/mol. The Morgan fingerprint density at radius 1 is 1.14 bits per heavy atom. The van der Waals surface area contributed by atoms with Gasteiger partial charge in [0.15, 0.2) is 0 Å². The van der Waals surface area contributed by atoms with Gasteiger partial charge in [0, 0.05) is 11.8 Å². The van der Waals surface area contributed by atoms with Gasteiger partial charge < -0.3 is 5.11 Å². The highest BCUT2D eigenvalue weighted by Crippen LogP contribution is 2.18. The highest BCUT2D eigenvalue weighted by atomic mass is 19.1. The summed E-state index contributed by atoms with van der Waals surface area (Å²) in [6.45, 7) is 0. The Labute approximate surface area is 79.9 Å². The lowest BCUT2D eigenvalue weighted by atomic mass is 10.2. The van der Waals surface area contributed by atoms with E-state index in [0.29, 0.717) is 11.3 Å². The van der Waals surface area contributed by atoms with Crippen LogP contribution in [0.15, 0.2) is 36.8 Å². The predicted molar refractivity (Wildman–Crippen MR) is 49.1 cm³/mol. The number of rotatable bonds is 1. The van der Waals surface area contributed by atoms with E-state index in [0.717, 1.165) is 6.20 Å². The minimum atomic E-state index is -0.405. The van der Waals surface area contributed by atoms with Crippen LogP contribution in [0, 0.1) is 5.82 Å². The fraction of sp³-hybridized carbons (Fsp3) is 0. The molecule has 70 valence electrons. The van der Waals surface area contributed by atoms with Crippen LogP contribution in [0.3, 0.4) is 0 Å². The van der Waals surface area contributed by atoms with Crippen LogP contribution in [0.1, 0.15) is 0 Å². The molecule has 0 amide bonds. The Kier molecular flexibility index (Phi) is 2.10. The Morgan fingerprint density at radius 3 is 2.64 bits per heavy atom. The van der Waals surface area contributed by atoms with E-state index < -0.39 is 5.82 Å². The lowest BCUT2D eigenvalue weighted by Gasteiger charge is -1.99. The molecule has 2 aromatic heterocycles. The predicted octanol–water partition coefficient (Wildman–Crippen LogP) is 1.99. The number of pyridine rings is 2. The molecule has 14 heavy (non-hydrogen) atoms. The molecule has 2 rings (SSSR count). The Balaban J connectivity index is 2.44. The summed E-state index contributed by atoms with van der Waals surface area (Å²) in [4.78, 5) is 7.64. The molecule has 0 bridgehead atoms. The van der Waals surface area contributed by atoms with Crippen molar-refractivity contribution < 1.29 is 9.50 Å². The highest BCUT2D eigenvalue weighted by molar-refractivity contribution is 5.57. The van der Waals surface area contributed by atoms with E-state index >= 15 is 0 Å². The van der Waals surface area contributed by atoms with E-state index in [2.05, 4.69) is 9.97 Å². The molecule has 0 aliphatic rings. The Hall–Kier alpha value is -1.97. The minimum Gasteiger partial charge on any atom is -0.506 e. The lowest BCUT2D eigenvalue weighted by molar-refractivity contribution is 0.473. The first-order valence-corrected chi connectivity index (χ1v) is 4.01. The van der Waals surface area contributed by atoms with Crippen LogP contribution < -0.4 is 0 Å². The van der Waals surface area contributed by atoms with Crippen LogP contribution in [0.4, 0.5) is 4.39 Å². The summed E-state index contributed by atoms with van der Waals surface area (Å²) in [7, 11) is 0. The van der Waals surface area contributed by atoms with Crippen molar-refractivity contribution in [2.24, 2.45) is 0 Å². The van der Waals surface area contributed by atoms with Crippen molar-refractivity contribution in [1.29, 1.82) is 0 Å². The van der Waals surface area contributed by atoms with Crippen LogP contribution in [0.2, 0.25) is 0 Å². The molecule has 2 heterocycles. The van der Waals surface area contributed by atoms with Gasteiger partial charge in [-0.05, 0) is 18.2 Å². The molecule has 1 N–H and O–H groups in total. The molecule has 0 fully saturated rings. The van der Waals surface area contributed by atoms with E-state index in [-0.39, 0.29) is 5.75 Å². The minimum absolute atomic E-state index is 0.0816. The topological polar surface area (TPSA) is 46.0 Å². The Bertz CT molecular complexity index is 442. The van der Waals surface area contributed by atoms with Crippen molar-refractivity contribution in [3.63, 3.8) is 0 Å². The van der Waals surface area contributed by atoms with E-state index in [1.54, 1.807) is 6.07 Å². The summed E-state index contributed by atoms with van der Waals surface area (Å²) in [5.41, 5.74) is 1.17. The van der Waals surface area contributed by atoms with Crippen molar-refractivity contribution in [2.45, 2.75) is 0 Å². The molecular formula is C10H7FN2O. The number of nitrogens with zero attached hydrogens (tertiary/aromatic N) is 2. The summed E-state index contributed by atoms with van der Waals surface area (Å²) >= 11 is 0. The molecule has 0 spiro atoms. The quantitative estimate of drug-likeness (QED) is 0.747. The van der Waals surface area contributed by atoms with E-state index in [9.17, 15) is 4.39 Å². The maximum atomic E-state index is 12.8. The van der Waals surface area contributed by atoms with Crippen LogP contribution in [0.5, 0.6) is 5.75 Å². The first kappa shape index (κ1) is 8.62. The normalized spacial score (nSPS) is 10.1. The van der Waals surface area contributed by atoms with E-state index in [1.165, 1.54) is 24.5 Å². The number of hydrogen-bond acceptors (Lipinski definition) is 3. The second kappa shape index (κ2) is 3.41. The molecule has 0 radical (unpaired) electrons. The monoisotopic (exact) mass is 190 g/mol. The third-order valence-electron chi connectivity index (χ3n) is 1.75. The second-order valence-electron chi connectivity index (χ2n) is 2.79. The Morgan fingerprint density at radius 2 is 2.00 bits per heavy atom. The molecule has 3 nitrogen and oxygen atoms in total. The van der Waals surface area contributed by atoms with Crippen LogP contribution >= 0.6 is 0 Å². The lowest BCUT2D eigenvalue weighted by Crippen LogP contribution is -1.85. The van der Waals surface area contributed by atoms with Gasteiger partial charge in [-0.1, -0.05) is 0 Å². The SMILES string of the molecule is Oc1ccc(-c2cncc(F)c2)nc1. The van der Waals surface area contributed by atoms with Crippen LogP contribution in [-0.2, 0) is 0 Å². The van der Waals surface area contributed by atoms with E-state index in [1.807, 2.05) is 0 Å². The molecule has 0 saturated heterocycles. The largest absolute Gasteiger partial charge is 0.506 e. The zero-order valence-corrected chi connectivity index (χ0v) is 7.18. The molecule has 0 aliphatic carbocycles. The van der Waals surface area contributed by atoms with Crippen molar-refractivity contribution in [3.05, 3.63) is 42.6 Å². The average Bonchev–Trinajstić information content (AvgIpc) is 2.19. The van der Waals surface area contributed by atoms with Crippen molar-refractivity contribution in [2.75, 3.05) is 0 Å². The second-order valence-corrected chi connectivity index (χ2v) is 2.79. The van der Waals surface area contributed by atoms with Gasteiger partial charge in [-0.25, -0.2) is 4.39 Å². The van der Waals surface area contributed by atoms with Gasteiger partial charge in [0.25, 0.3) is 0 Å². The molecule has 0 atom stereocenters. The van der Waals surface area contributed by atoms with Gasteiger partial charge in [-0.15, -0.1) is 0 Å². The van der Waals surface area contributed by atoms with Crippen LogP contribution in [-0.4, -0.2) is 15.1 Å². The van der Waals surface area contributed by atoms with E-state index in [4.69, 9.17) is 5.11 Å². The number of halogens is 1. The number of aromatic hydroxyl groups is 1. The zero-order valence-electron chi connectivity index (χ0n) is 7.18. The molecule has 0 aliphatic heterocycles. The summed E-state index contributed by atoms with van der Waals surface area (Å²) < 4.78 is 12.8. The summed E-state index contributed by atoms with van der Waals surface area (Å²) in [5, 5.41) is 9.01. The summed E-state index contributed by atoms with van der Waals surface area (Å²) in [6, 6.07) is 4.44. The zero-order chi connectivity index (χ0) is 9.97. The van der Waals surface area contributed by atoms with Gasteiger partial charge >= 0.3 is 0 Å². The van der Waals surface area contributed by atoms with Gasteiger partial charge in [0.2, 0.25) is 0 Å². The third kappa shape index (κ3) is 1.69. The molecule has 0 aromatic carbocycles. The highest BCUT2D eigenvalue weighted by Gasteiger charge is 2.00. The molecule has 0 saturated carbocycles. The van der Waals surface area contributed by atoms with Gasteiger partial charge in [0.05, 0.1) is 18.1 Å². The molecule has 4 heteroatoms. The van der Waals surface area contributed by atoms with Gasteiger partial charge in [0.1, 0.15) is 11.6 Å². The first-order valence-electron chi connectivity index (χ1n) is 4.01. The van der Waals surface area contributed by atoms with Gasteiger partial charge in [-0.3, -0.25) is 9.97 Å². The van der Waals surface area contributed by atoms with Crippen molar-refractivity contribution in [1.82, 2.24) is 9.97 Å². The summed E-state index contributed by atoms with van der Waals surface area (Å²) in [6.07, 6.45) is 3.95. The first-order chi connectivity index (χ1) is 6.75. The molecule has 0 unspecified atom stereocenters. The van der Waals surface area contributed by atoms with Crippen LogP contribution in [0.25, 0.3) is 11.3 Å². The molecule has 2 aromatic rings. The van der Waals surface area contributed by atoms with Crippen molar-refractivity contribution >= 4 is 0 Å². The maximum Gasteiger partial charge on any atom is 0.142 e. The standard InChI is InChI=1S/C10H7FN2O/c11-8-3-7(4-12-5-8)10-2-1-9(14)6-13-10/h1-6,14H. The smallest absolute Gasteiger partial charge is 0.142 e. The number of hydrogen-bond donors (Lipinski definition) is 1. The maximum absolute atomic E-state index is 12.8.